The number of amides is 2. The van der Waals surface area contributed by atoms with Gasteiger partial charge in [-0.25, -0.2) is 4.79 Å². The number of nitrogens with two attached hydrogens (primary N) is 1. The molecule has 0 aliphatic carbocycles. The van der Waals surface area contributed by atoms with Crippen molar-refractivity contribution in [1.29, 1.82) is 0 Å². The van der Waals surface area contributed by atoms with Crippen LogP contribution in [0.1, 0.15) is 31.1 Å². The highest BCUT2D eigenvalue weighted by atomic mass is 16.6. The Morgan fingerprint density at radius 2 is 1.94 bits per heavy atom. The van der Waals surface area contributed by atoms with E-state index in [9.17, 15) is 14.7 Å². The quantitative estimate of drug-likeness (QED) is 0.699. The third-order valence-electron chi connectivity index (χ3n) is 1.93. The van der Waals surface area contributed by atoms with Crippen LogP contribution in [0, 0.1) is 0 Å². The summed E-state index contributed by atoms with van der Waals surface area (Å²) in [5.74, 6) is -1.01. The number of carbonyl (C=O) groups excluding carboxylic acids is 2. The molecule has 0 saturated heterocycles. The standard InChI is InChI=1S/C12H16N2O4/c1-12(2,3)18-11(17)14-9-7(10(13)16)5-4-6-8(9)15/h4-6,15H,1-3H3,(H2,13,16)(H,14,17). The van der Waals surface area contributed by atoms with E-state index in [1.165, 1.54) is 18.2 Å². The van der Waals surface area contributed by atoms with Crippen LogP contribution in [0.15, 0.2) is 18.2 Å². The van der Waals surface area contributed by atoms with Crippen LogP contribution in [0.3, 0.4) is 0 Å². The number of anilines is 1. The second kappa shape index (κ2) is 4.95. The lowest BCUT2D eigenvalue weighted by Crippen LogP contribution is -2.28. The highest BCUT2D eigenvalue weighted by Crippen LogP contribution is 2.27. The molecule has 0 aliphatic heterocycles. The topological polar surface area (TPSA) is 102 Å². The molecule has 0 fully saturated rings. The second-order valence-electron chi connectivity index (χ2n) is 4.69. The van der Waals surface area contributed by atoms with Crippen LogP contribution in [-0.4, -0.2) is 22.7 Å². The van der Waals surface area contributed by atoms with Gasteiger partial charge in [-0.3, -0.25) is 10.1 Å². The van der Waals surface area contributed by atoms with Gasteiger partial charge in [-0.1, -0.05) is 6.07 Å². The van der Waals surface area contributed by atoms with Crippen molar-refractivity contribution in [3.8, 4) is 5.75 Å². The second-order valence-corrected chi connectivity index (χ2v) is 4.69. The number of phenols is 1. The van der Waals surface area contributed by atoms with Gasteiger partial charge in [0.15, 0.2) is 0 Å². The molecule has 0 atom stereocenters. The summed E-state index contributed by atoms with van der Waals surface area (Å²) in [7, 11) is 0. The predicted octanol–water partition coefficient (Wildman–Crippen LogP) is 1.84. The minimum Gasteiger partial charge on any atom is -0.506 e. The number of para-hydroxylation sites is 1. The highest BCUT2D eigenvalue weighted by molar-refractivity contribution is 6.03. The summed E-state index contributed by atoms with van der Waals surface area (Å²) < 4.78 is 5.02. The molecule has 0 spiro atoms. The van der Waals surface area contributed by atoms with Gasteiger partial charge in [0.2, 0.25) is 0 Å². The first-order valence-corrected chi connectivity index (χ1v) is 5.32. The van der Waals surface area contributed by atoms with Gasteiger partial charge in [0, 0.05) is 0 Å². The number of hydrogen-bond donors (Lipinski definition) is 3. The summed E-state index contributed by atoms with van der Waals surface area (Å²) in [6.07, 6.45) is -0.772. The summed E-state index contributed by atoms with van der Waals surface area (Å²) >= 11 is 0. The average molecular weight is 252 g/mol. The minimum absolute atomic E-state index is 0.0147. The number of aromatic hydroxyl groups is 1. The van der Waals surface area contributed by atoms with Crippen molar-refractivity contribution in [2.45, 2.75) is 26.4 Å². The molecule has 1 aromatic rings. The Kier molecular flexibility index (Phi) is 3.80. The highest BCUT2D eigenvalue weighted by Gasteiger charge is 2.20. The van der Waals surface area contributed by atoms with Crippen molar-refractivity contribution in [2.75, 3.05) is 5.32 Å². The molecule has 6 heteroatoms. The first kappa shape index (κ1) is 13.8. The average Bonchev–Trinajstić information content (AvgIpc) is 2.17. The molecular formula is C12H16N2O4. The van der Waals surface area contributed by atoms with E-state index in [0.717, 1.165) is 0 Å². The number of hydrogen-bond acceptors (Lipinski definition) is 4. The van der Waals surface area contributed by atoms with Crippen molar-refractivity contribution in [2.24, 2.45) is 5.73 Å². The molecule has 0 aromatic heterocycles. The van der Waals surface area contributed by atoms with Gasteiger partial charge >= 0.3 is 6.09 Å². The van der Waals surface area contributed by atoms with E-state index in [4.69, 9.17) is 10.5 Å². The summed E-state index contributed by atoms with van der Waals surface area (Å²) in [5, 5.41) is 11.9. The third kappa shape index (κ3) is 3.65. The fraction of sp³-hybridized carbons (Fsp3) is 0.333. The fourth-order valence-corrected chi connectivity index (χ4v) is 1.28. The smallest absolute Gasteiger partial charge is 0.412 e. The molecule has 1 rings (SSSR count). The first-order chi connectivity index (χ1) is 8.20. The zero-order chi connectivity index (χ0) is 13.9. The van der Waals surface area contributed by atoms with Gasteiger partial charge < -0.3 is 15.6 Å². The lowest BCUT2D eigenvalue weighted by atomic mass is 10.1. The number of phenolic OH excluding ortho intramolecular Hbond substituents is 1. The van der Waals surface area contributed by atoms with E-state index in [1.54, 1.807) is 20.8 Å². The van der Waals surface area contributed by atoms with Crippen LogP contribution >= 0.6 is 0 Å². The van der Waals surface area contributed by atoms with Crippen LogP contribution < -0.4 is 11.1 Å². The number of primary amides is 1. The van der Waals surface area contributed by atoms with Gasteiger partial charge in [-0.15, -0.1) is 0 Å². The summed E-state index contributed by atoms with van der Waals surface area (Å²) in [6.45, 7) is 5.10. The Bertz CT molecular complexity index is 477. The maximum absolute atomic E-state index is 11.6. The number of carbonyl (C=O) groups is 2. The van der Waals surface area contributed by atoms with E-state index in [0.29, 0.717) is 0 Å². The summed E-state index contributed by atoms with van der Waals surface area (Å²) in [4.78, 5) is 22.7. The zero-order valence-corrected chi connectivity index (χ0v) is 10.5. The lowest BCUT2D eigenvalue weighted by molar-refractivity contribution is 0.0635. The molecule has 6 nitrogen and oxygen atoms in total. The van der Waals surface area contributed by atoms with Crippen molar-refractivity contribution in [1.82, 2.24) is 0 Å². The number of rotatable bonds is 2. The normalized spacial score (nSPS) is 10.8. The SMILES string of the molecule is CC(C)(C)OC(=O)Nc1c(O)cccc1C(N)=O. The number of ether oxygens (including phenoxy) is 1. The third-order valence-corrected chi connectivity index (χ3v) is 1.93. The molecule has 18 heavy (non-hydrogen) atoms. The number of benzene rings is 1. The molecule has 0 radical (unpaired) electrons. The molecule has 0 saturated carbocycles. The maximum Gasteiger partial charge on any atom is 0.412 e. The van der Waals surface area contributed by atoms with Crippen molar-refractivity contribution < 1.29 is 19.4 Å². The first-order valence-electron chi connectivity index (χ1n) is 5.32. The van der Waals surface area contributed by atoms with Gasteiger partial charge in [-0.05, 0) is 32.9 Å². The van der Waals surface area contributed by atoms with Gasteiger partial charge in [0.05, 0.1) is 11.3 Å². The Balaban J connectivity index is 2.97. The van der Waals surface area contributed by atoms with Gasteiger partial charge in [0.25, 0.3) is 5.91 Å². The van der Waals surface area contributed by atoms with Crippen molar-refractivity contribution in [3.05, 3.63) is 23.8 Å². The fourth-order valence-electron chi connectivity index (χ4n) is 1.28. The predicted molar refractivity (Wildman–Crippen MR) is 66.5 cm³/mol. The van der Waals surface area contributed by atoms with Crippen LogP contribution in [0.5, 0.6) is 5.75 Å². The van der Waals surface area contributed by atoms with Gasteiger partial charge in [0.1, 0.15) is 11.4 Å². The summed E-state index contributed by atoms with van der Waals surface area (Å²) in [6, 6.07) is 4.18. The molecule has 0 aliphatic rings. The number of nitrogens with one attached hydrogen (secondary N) is 1. The van der Waals surface area contributed by atoms with E-state index < -0.39 is 17.6 Å². The summed E-state index contributed by atoms with van der Waals surface area (Å²) in [5.41, 5.74) is 4.42. The van der Waals surface area contributed by atoms with Crippen LogP contribution in [0.4, 0.5) is 10.5 Å². The molecule has 98 valence electrons. The largest absolute Gasteiger partial charge is 0.506 e. The van der Waals surface area contributed by atoms with Crippen LogP contribution in [-0.2, 0) is 4.74 Å². The molecule has 0 heterocycles. The molecule has 2 amide bonds. The Labute approximate surface area is 105 Å². The van der Waals surface area contributed by atoms with E-state index in [2.05, 4.69) is 5.32 Å². The van der Waals surface area contributed by atoms with E-state index >= 15 is 0 Å². The molecular weight excluding hydrogens is 236 g/mol. The van der Waals surface area contributed by atoms with Crippen LogP contribution in [0.25, 0.3) is 0 Å². The van der Waals surface area contributed by atoms with E-state index in [-0.39, 0.29) is 17.0 Å². The molecule has 4 N–H and O–H groups in total. The Morgan fingerprint density at radius 3 is 2.44 bits per heavy atom. The van der Waals surface area contributed by atoms with Crippen molar-refractivity contribution >= 4 is 17.7 Å². The molecule has 0 bridgehead atoms. The Hall–Kier alpha value is -2.24. The molecule has 0 unspecified atom stereocenters. The monoisotopic (exact) mass is 252 g/mol. The van der Waals surface area contributed by atoms with E-state index in [1.807, 2.05) is 0 Å². The maximum atomic E-state index is 11.6. The van der Waals surface area contributed by atoms with Crippen LogP contribution in [0.2, 0.25) is 0 Å². The van der Waals surface area contributed by atoms with Crippen molar-refractivity contribution in [3.63, 3.8) is 0 Å². The molecule has 1 aromatic carbocycles. The minimum atomic E-state index is -0.772. The Morgan fingerprint density at radius 1 is 1.33 bits per heavy atom. The van der Waals surface area contributed by atoms with Gasteiger partial charge in [-0.2, -0.15) is 0 Å². The zero-order valence-electron chi connectivity index (χ0n) is 10.5. The lowest BCUT2D eigenvalue weighted by Gasteiger charge is -2.20.